The Morgan fingerprint density at radius 2 is 2.18 bits per heavy atom. The van der Waals surface area contributed by atoms with Gasteiger partial charge >= 0.3 is 0 Å². The van der Waals surface area contributed by atoms with Gasteiger partial charge in [0.2, 0.25) is 0 Å². The van der Waals surface area contributed by atoms with Crippen molar-refractivity contribution in [3.05, 3.63) is 27.7 Å². The second-order valence-corrected chi connectivity index (χ2v) is 3.68. The standard InChI is InChI=1S/C7H2Cl2NS/c8-4-1-5(9)7-6(2-4)10-3-11-7/h1-2H. The molecule has 0 saturated heterocycles. The molecule has 0 aliphatic rings. The summed E-state index contributed by atoms with van der Waals surface area (Å²) in [6.45, 7) is 0. The van der Waals surface area contributed by atoms with Gasteiger partial charge in [0.15, 0.2) is 5.51 Å². The second-order valence-electron chi connectivity index (χ2n) is 2.04. The fourth-order valence-electron chi connectivity index (χ4n) is 0.849. The van der Waals surface area contributed by atoms with Crippen molar-refractivity contribution in [2.45, 2.75) is 0 Å². The summed E-state index contributed by atoms with van der Waals surface area (Å²) in [6.07, 6.45) is 0. The van der Waals surface area contributed by atoms with Gasteiger partial charge in [0.1, 0.15) is 0 Å². The molecule has 1 heterocycles. The lowest BCUT2D eigenvalue weighted by atomic mass is 10.3. The van der Waals surface area contributed by atoms with Gasteiger partial charge in [0.05, 0.1) is 15.2 Å². The molecular formula is C7H2Cl2NS. The van der Waals surface area contributed by atoms with Gasteiger partial charge in [-0.15, -0.1) is 11.3 Å². The minimum absolute atomic E-state index is 0.613. The van der Waals surface area contributed by atoms with Crippen molar-refractivity contribution in [2.75, 3.05) is 0 Å². The van der Waals surface area contributed by atoms with Crippen LogP contribution >= 0.6 is 34.5 Å². The van der Waals surface area contributed by atoms with E-state index in [0.29, 0.717) is 10.0 Å². The van der Waals surface area contributed by atoms with Crippen molar-refractivity contribution in [2.24, 2.45) is 0 Å². The molecule has 1 nitrogen and oxygen atoms in total. The molecule has 0 N–H and O–H groups in total. The molecule has 0 saturated carbocycles. The predicted octanol–water partition coefficient (Wildman–Crippen LogP) is 3.40. The summed E-state index contributed by atoms with van der Waals surface area (Å²) in [6, 6.07) is 3.48. The minimum atomic E-state index is 0.613. The third-order valence-electron chi connectivity index (χ3n) is 1.30. The molecular weight excluding hydrogens is 201 g/mol. The van der Waals surface area contributed by atoms with E-state index in [2.05, 4.69) is 10.5 Å². The number of hydrogen-bond donors (Lipinski definition) is 0. The van der Waals surface area contributed by atoms with E-state index in [1.807, 2.05) is 0 Å². The van der Waals surface area contributed by atoms with Gasteiger partial charge in [-0.05, 0) is 12.1 Å². The maximum atomic E-state index is 5.87. The van der Waals surface area contributed by atoms with Crippen LogP contribution in [0.4, 0.5) is 0 Å². The third kappa shape index (κ3) is 1.22. The van der Waals surface area contributed by atoms with E-state index in [1.165, 1.54) is 11.3 Å². The molecule has 0 aliphatic carbocycles. The summed E-state index contributed by atoms with van der Waals surface area (Å²) < 4.78 is 0.941. The van der Waals surface area contributed by atoms with Crippen LogP contribution in [-0.2, 0) is 0 Å². The Labute approximate surface area is 77.6 Å². The molecule has 0 aliphatic heterocycles. The van der Waals surface area contributed by atoms with Gasteiger partial charge < -0.3 is 0 Å². The number of nitrogens with zero attached hydrogens (tertiary/aromatic N) is 1. The van der Waals surface area contributed by atoms with Crippen molar-refractivity contribution < 1.29 is 0 Å². The van der Waals surface area contributed by atoms with Gasteiger partial charge in [-0.2, -0.15) is 0 Å². The van der Waals surface area contributed by atoms with Crippen LogP contribution in [0.2, 0.25) is 10.0 Å². The molecule has 0 amide bonds. The van der Waals surface area contributed by atoms with Crippen LogP contribution in [0.15, 0.2) is 12.1 Å². The highest BCUT2D eigenvalue weighted by molar-refractivity contribution is 7.17. The van der Waals surface area contributed by atoms with E-state index in [-0.39, 0.29) is 0 Å². The van der Waals surface area contributed by atoms with E-state index in [0.717, 1.165) is 10.2 Å². The summed E-state index contributed by atoms with van der Waals surface area (Å²) in [5.41, 5.74) is 3.57. The van der Waals surface area contributed by atoms with Crippen LogP contribution < -0.4 is 0 Å². The first-order chi connectivity index (χ1) is 5.27. The number of hydrogen-bond acceptors (Lipinski definition) is 2. The molecule has 0 spiro atoms. The number of benzene rings is 1. The highest BCUT2D eigenvalue weighted by Crippen LogP contribution is 2.29. The molecule has 2 rings (SSSR count). The average Bonchev–Trinajstić information content (AvgIpc) is 2.34. The smallest absolute Gasteiger partial charge is 0.153 e. The monoisotopic (exact) mass is 202 g/mol. The molecule has 0 fully saturated rings. The SMILES string of the molecule is Clc1cc(Cl)c2s[c]nc2c1. The molecule has 2 aromatic rings. The van der Waals surface area contributed by atoms with Crippen LogP contribution in [0.1, 0.15) is 0 Å². The number of fused-ring (bicyclic) bond motifs is 1. The van der Waals surface area contributed by atoms with E-state index in [9.17, 15) is 0 Å². The highest BCUT2D eigenvalue weighted by atomic mass is 35.5. The topological polar surface area (TPSA) is 12.9 Å². The summed E-state index contributed by atoms with van der Waals surface area (Å²) in [5.74, 6) is 0. The Morgan fingerprint density at radius 3 is 3.00 bits per heavy atom. The van der Waals surface area contributed by atoms with Crippen molar-refractivity contribution in [1.82, 2.24) is 4.98 Å². The first kappa shape index (κ1) is 7.35. The largest absolute Gasteiger partial charge is 0.233 e. The predicted molar refractivity (Wildman–Crippen MR) is 48.5 cm³/mol. The zero-order chi connectivity index (χ0) is 7.84. The lowest BCUT2D eigenvalue weighted by Gasteiger charge is -1.92. The fraction of sp³-hybridized carbons (Fsp3) is 0. The molecule has 1 aromatic heterocycles. The molecule has 4 heteroatoms. The fourth-order valence-corrected chi connectivity index (χ4v) is 2.05. The minimum Gasteiger partial charge on any atom is -0.233 e. The highest BCUT2D eigenvalue weighted by Gasteiger charge is 2.02. The maximum absolute atomic E-state index is 5.87. The first-order valence-electron chi connectivity index (χ1n) is 2.89. The zero-order valence-corrected chi connectivity index (χ0v) is 7.59. The lowest BCUT2D eigenvalue weighted by molar-refractivity contribution is 1.48. The quantitative estimate of drug-likeness (QED) is 0.639. The molecule has 11 heavy (non-hydrogen) atoms. The Hall–Kier alpha value is -0.310. The van der Waals surface area contributed by atoms with E-state index >= 15 is 0 Å². The van der Waals surface area contributed by atoms with E-state index < -0.39 is 0 Å². The Balaban J connectivity index is 2.91. The Morgan fingerprint density at radius 1 is 1.36 bits per heavy atom. The third-order valence-corrected chi connectivity index (χ3v) is 2.75. The number of thiazole rings is 1. The first-order valence-corrected chi connectivity index (χ1v) is 4.46. The van der Waals surface area contributed by atoms with Crippen molar-refractivity contribution in [3.8, 4) is 0 Å². The van der Waals surface area contributed by atoms with Gasteiger partial charge in [-0.1, -0.05) is 23.2 Å². The molecule has 0 atom stereocenters. The average molecular weight is 203 g/mol. The normalized spacial score (nSPS) is 10.7. The number of halogens is 2. The van der Waals surface area contributed by atoms with Crippen molar-refractivity contribution in [3.63, 3.8) is 0 Å². The van der Waals surface area contributed by atoms with E-state index in [4.69, 9.17) is 23.2 Å². The number of aromatic nitrogens is 1. The summed E-state index contributed by atoms with van der Waals surface area (Å²) in [4.78, 5) is 3.96. The zero-order valence-electron chi connectivity index (χ0n) is 5.27. The van der Waals surface area contributed by atoms with Crippen LogP contribution in [0.5, 0.6) is 0 Å². The van der Waals surface area contributed by atoms with Gasteiger partial charge in [-0.3, -0.25) is 0 Å². The van der Waals surface area contributed by atoms with E-state index in [1.54, 1.807) is 12.1 Å². The molecule has 1 radical (unpaired) electrons. The van der Waals surface area contributed by atoms with Gasteiger partial charge in [0.25, 0.3) is 0 Å². The molecule has 1 aromatic carbocycles. The summed E-state index contributed by atoms with van der Waals surface area (Å²) in [5, 5.41) is 1.26. The number of rotatable bonds is 0. The van der Waals surface area contributed by atoms with Crippen LogP contribution in [0.25, 0.3) is 10.2 Å². The van der Waals surface area contributed by atoms with Crippen LogP contribution in [0, 0.1) is 5.51 Å². The summed E-state index contributed by atoms with van der Waals surface area (Å²) >= 11 is 13.0. The van der Waals surface area contributed by atoms with Gasteiger partial charge in [-0.25, -0.2) is 4.98 Å². The van der Waals surface area contributed by atoms with Crippen molar-refractivity contribution in [1.29, 1.82) is 0 Å². The Bertz CT molecular complexity index is 396. The molecule has 0 bridgehead atoms. The van der Waals surface area contributed by atoms with Gasteiger partial charge in [0, 0.05) is 5.02 Å². The maximum Gasteiger partial charge on any atom is 0.153 e. The molecule has 0 unspecified atom stereocenters. The second kappa shape index (κ2) is 2.63. The van der Waals surface area contributed by atoms with Crippen LogP contribution in [0.3, 0.4) is 0 Å². The molecule has 55 valence electrons. The van der Waals surface area contributed by atoms with Crippen molar-refractivity contribution >= 4 is 44.8 Å². The Kier molecular flexibility index (Phi) is 1.75. The van der Waals surface area contributed by atoms with Crippen LogP contribution in [-0.4, -0.2) is 4.98 Å². The lowest BCUT2D eigenvalue weighted by Crippen LogP contribution is -1.69. The summed E-state index contributed by atoms with van der Waals surface area (Å²) in [7, 11) is 0.